The summed E-state index contributed by atoms with van der Waals surface area (Å²) in [6.07, 6.45) is 6.60. The molecule has 1 saturated heterocycles. The van der Waals surface area contributed by atoms with Gasteiger partial charge in [0, 0.05) is 17.9 Å². The van der Waals surface area contributed by atoms with E-state index in [4.69, 9.17) is 0 Å². The molecule has 1 spiro atoms. The Kier molecular flexibility index (Phi) is 6.21. The van der Waals surface area contributed by atoms with Gasteiger partial charge in [0.05, 0.1) is 12.2 Å². The summed E-state index contributed by atoms with van der Waals surface area (Å²) in [5.74, 6) is -0.455. The molecule has 3 aliphatic rings. The van der Waals surface area contributed by atoms with Crippen LogP contribution in [0.1, 0.15) is 53.9 Å². The third-order valence-electron chi connectivity index (χ3n) is 7.15. The largest absolute Gasteiger partial charge is 0.390 e. The molecule has 0 unspecified atom stereocenters. The van der Waals surface area contributed by atoms with Crippen molar-refractivity contribution in [1.82, 2.24) is 5.32 Å². The van der Waals surface area contributed by atoms with E-state index in [0.717, 1.165) is 12.0 Å². The third-order valence-corrected chi connectivity index (χ3v) is 7.15. The average Bonchev–Trinajstić information content (AvgIpc) is 2.93. The van der Waals surface area contributed by atoms with E-state index in [1.807, 2.05) is 13.0 Å². The predicted molar refractivity (Wildman–Crippen MR) is 113 cm³/mol. The smallest absolute Gasteiger partial charge is 0.235 e. The van der Waals surface area contributed by atoms with Gasteiger partial charge in [-0.2, -0.15) is 0 Å². The highest BCUT2D eigenvalue weighted by molar-refractivity contribution is 6.13. The van der Waals surface area contributed by atoms with Crippen molar-refractivity contribution >= 4 is 11.7 Å². The van der Waals surface area contributed by atoms with E-state index in [2.05, 4.69) is 39.1 Å². The molecule has 0 aromatic heterocycles. The molecule has 29 heavy (non-hydrogen) atoms. The van der Waals surface area contributed by atoms with Gasteiger partial charge < -0.3 is 15.5 Å². The molecular formula is C24H35NO4. The highest BCUT2D eigenvalue weighted by atomic mass is 16.3. The molecule has 1 amide bonds. The van der Waals surface area contributed by atoms with Gasteiger partial charge in [0.15, 0.2) is 5.78 Å². The van der Waals surface area contributed by atoms with Gasteiger partial charge in [-0.05, 0) is 51.0 Å². The van der Waals surface area contributed by atoms with Crippen LogP contribution in [0.5, 0.6) is 0 Å². The number of nitrogens with one attached hydrogen (secondary N) is 1. The Bertz CT molecular complexity index is 765. The molecule has 2 aliphatic carbocycles. The van der Waals surface area contributed by atoms with Gasteiger partial charge in [-0.1, -0.05) is 50.1 Å². The first-order chi connectivity index (χ1) is 13.6. The SMILES string of the molecule is CC1=C[C@@H]2/C=C(/C)CC[C@H](O)[C@H](O)/C=C\C(=O)[C@]23C(=O)N[C@@H](CC(C)C)[C@@H]3[C@@H]1C. The molecule has 7 atom stereocenters. The lowest BCUT2D eigenvalue weighted by Gasteiger charge is -2.44. The van der Waals surface area contributed by atoms with Crippen LogP contribution in [0.4, 0.5) is 0 Å². The van der Waals surface area contributed by atoms with Gasteiger partial charge in [0.1, 0.15) is 5.41 Å². The van der Waals surface area contributed by atoms with E-state index in [-0.39, 0.29) is 35.5 Å². The second kappa shape index (κ2) is 8.19. The number of aliphatic hydroxyl groups excluding tert-OH is 2. The number of allylic oxidation sites excluding steroid dienone is 5. The highest BCUT2D eigenvalue weighted by Gasteiger charge is 2.64. The second-order valence-electron chi connectivity index (χ2n) is 9.66. The molecule has 0 bridgehead atoms. The van der Waals surface area contributed by atoms with Crippen LogP contribution in [-0.4, -0.2) is 40.2 Å². The molecular weight excluding hydrogens is 366 g/mol. The van der Waals surface area contributed by atoms with Crippen LogP contribution < -0.4 is 5.32 Å². The first kappa shape index (κ1) is 22.0. The molecule has 160 valence electrons. The normalized spacial score (nSPS) is 43.4. The minimum atomic E-state index is -1.20. The Morgan fingerprint density at radius 3 is 2.55 bits per heavy atom. The van der Waals surface area contributed by atoms with E-state index in [0.29, 0.717) is 18.8 Å². The predicted octanol–water partition coefficient (Wildman–Crippen LogP) is 2.93. The van der Waals surface area contributed by atoms with Crippen molar-refractivity contribution in [2.45, 2.75) is 72.1 Å². The first-order valence-electron chi connectivity index (χ1n) is 10.8. The zero-order chi connectivity index (χ0) is 21.5. The Hall–Kier alpha value is -1.72. The van der Waals surface area contributed by atoms with Crippen molar-refractivity contribution in [1.29, 1.82) is 0 Å². The summed E-state index contributed by atoms with van der Waals surface area (Å²) in [6.45, 7) is 10.4. The maximum absolute atomic E-state index is 13.6. The van der Waals surface area contributed by atoms with E-state index in [1.54, 1.807) is 0 Å². The van der Waals surface area contributed by atoms with E-state index < -0.39 is 17.6 Å². The topological polar surface area (TPSA) is 86.6 Å². The fraction of sp³-hybridized carbons (Fsp3) is 0.667. The molecule has 3 N–H and O–H groups in total. The molecule has 5 nitrogen and oxygen atoms in total. The average molecular weight is 402 g/mol. The van der Waals surface area contributed by atoms with Crippen LogP contribution >= 0.6 is 0 Å². The first-order valence-corrected chi connectivity index (χ1v) is 10.8. The summed E-state index contributed by atoms with van der Waals surface area (Å²) >= 11 is 0. The molecule has 3 rings (SSSR count). The second-order valence-corrected chi connectivity index (χ2v) is 9.66. The van der Waals surface area contributed by atoms with Gasteiger partial charge in [0.2, 0.25) is 5.91 Å². The minimum absolute atomic E-state index is 0.0599. The number of carbonyl (C=O) groups excluding carboxylic acids is 2. The molecule has 1 aliphatic heterocycles. The lowest BCUT2D eigenvalue weighted by atomic mass is 9.55. The number of carbonyl (C=O) groups is 2. The zero-order valence-electron chi connectivity index (χ0n) is 18.2. The number of aliphatic hydroxyl groups is 2. The van der Waals surface area contributed by atoms with E-state index >= 15 is 0 Å². The van der Waals surface area contributed by atoms with Gasteiger partial charge >= 0.3 is 0 Å². The maximum Gasteiger partial charge on any atom is 0.235 e. The lowest BCUT2D eigenvalue weighted by Crippen LogP contribution is -2.51. The highest BCUT2D eigenvalue weighted by Crippen LogP contribution is 2.55. The summed E-state index contributed by atoms with van der Waals surface area (Å²) in [5.41, 5.74) is 1.02. The summed E-state index contributed by atoms with van der Waals surface area (Å²) < 4.78 is 0. The maximum atomic E-state index is 13.6. The zero-order valence-corrected chi connectivity index (χ0v) is 18.2. The fourth-order valence-electron chi connectivity index (χ4n) is 5.53. The van der Waals surface area contributed by atoms with Crippen LogP contribution in [0, 0.1) is 29.1 Å². The van der Waals surface area contributed by atoms with Crippen molar-refractivity contribution in [2.24, 2.45) is 29.1 Å². The minimum Gasteiger partial charge on any atom is -0.390 e. The van der Waals surface area contributed by atoms with E-state index in [9.17, 15) is 19.8 Å². The molecule has 5 heteroatoms. The third kappa shape index (κ3) is 3.75. The van der Waals surface area contributed by atoms with Crippen molar-refractivity contribution in [3.8, 4) is 0 Å². The van der Waals surface area contributed by atoms with Crippen molar-refractivity contribution in [3.05, 3.63) is 35.5 Å². The molecule has 0 saturated carbocycles. The van der Waals surface area contributed by atoms with Crippen LogP contribution in [0.3, 0.4) is 0 Å². The monoisotopic (exact) mass is 401 g/mol. The summed E-state index contributed by atoms with van der Waals surface area (Å²) in [5, 5.41) is 23.6. The number of amides is 1. The van der Waals surface area contributed by atoms with Gasteiger partial charge in [-0.25, -0.2) is 0 Å². The van der Waals surface area contributed by atoms with Gasteiger partial charge in [0.25, 0.3) is 0 Å². The van der Waals surface area contributed by atoms with Crippen LogP contribution in [-0.2, 0) is 9.59 Å². The molecule has 1 fully saturated rings. The van der Waals surface area contributed by atoms with Crippen molar-refractivity contribution < 1.29 is 19.8 Å². The van der Waals surface area contributed by atoms with E-state index in [1.165, 1.54) is 17.7 Å². The Morgan fingerprint density at radius 2 is 1.90 bits per heavy atom. The Balaban J connectivity index is 2.20. The molecule has 0 radical (unpaired) electrons. The summed E-state index contributed by atoms with van der Waals surface area (Å²) in [4.78, 5) is 27.1. The number of rotatable bonds is 2. The van der Waals surface area contributed by atoms with Crippen LogP contribution in [0.25, 0.3) is 0 Å². The standard InChI is InChI=1S/C24H35NO4/c1-13(2)10-18-22-16(5)15(4)12-17-11-14(3)6-7-19(26)20(27)8-9-21(28)24(17,22)23(29)25-18/h8-9,11-13,16-20,22,26-27H,6-7,10H2,1-5H3,(H,25,29)/b9-8-,14-11-/t16-,17+,18+,19+,20-,22+,24-/m1/s1. The fourth-order valence-corrected chi connectivity index (χ4v) is 5.53. The number of hydrogen-bond acceptors (Lipinski definition) is 4. The van der Waals surface area contributed by atoms with Crippen LogP contribution in [0.15, 0.2) is 35.5 Å². The summed E-state index contributed by atoms with van der Waals surface area (Å²) in [6, 6.07) is -0.0599. The van der Waals surface area contributed by atoms with Crippen molar-refractivity contribution in [3.63, 3.8) is 0 Å². The number of hydrogen-bond donors (Lipinski definition) is 3. The van der Waals surface area contributed by atoms with Crippen molar-refractivity contribution in [2.75, 3.05) is 0 Å². The molecule has 0 aromatic rings. The van der Waals surface area contributed by atoms with Gasteiger partial charge in [-0.15, -0.1) is 0 Å². The van der Waals surface area contributed by atoms with Crippen LogP contribution in [0.2, 0.25) is 0 Å². The number of ketones is 1. The summed E-state index contributed by atoms with van der Waals surface area (Å²) in [7, 11) is 0. The Morgan fingerprint density at radius 1 is 1.21 bits per heavy atom. The van der Waals surface area contributed by atoms with Gasteiger partial charge in [-0.3, -0.25) is 9.59 Å². The molecule has 0 aromatic carbocycles. The molecule has 1 heterocycles. The quantitative estimate of drug-likeness (QED) is 0.490. The lowest BCUT2D eigenvalue weighted by molar-refractivity contribution is -0.142. The Labute approximate surface area is 174 Å².